The predicted molar refractivity (Wildman–Crippen MR) is 52.6 cm³/mol. The van der Waals surface area contributed by atoms with Gasteiger partial charge >= 0.3 is 0 Å². The fourth-order valence-corrected chi connectivity index (χ4v) is 1.61. The van der Waals surface area contributed by atoms with Crippen LogP contribution in [0.1, 0.15) is 12.5 Å². The van der Waals surface area contributed by atoms with Crippen molar-refractivity contribution in [1.82, 2.24) is 5.32 Å². The van der Waals surface area contributed by atoms with Crippen molar-refractivity contribution in [2.45, 2.75) is 12.5 Å². The molecule has 0 fully saturated rings. The molecular formula is C11H11NO2. The molecule has 0 aromatic heterocycles. The molecule has 1 atom stereocenters. The molecule has 0 radical (unpaired) electrons. The third kappa shape index (κ3) is 1.18. The second-order valence-electron chi connectivity index (χ2n) is 3.51. The molecule has 0 saturated carbocycles. The van der Waals surface area contributed by atoms with Crippen LogP contribution in [0.5, 0.6) is 0 Å². The van der Waals surface area contributed by atoms with E-state index >= 15 is 0 Å². The molecule has 1 aliphatic rings. The van der Waals surface area contributed by atoms with Crippen LogP contribution in [0.4, 0.5) is 0 Å². The first-order valence-electron chi connectivity index (χ1n) is 4.42. The van der Waals surface area contributed by atoms with Gasteiger partial charge in [0, 0.05) is 6.08 Å². The zero-order chi connectivity index (χ0) is 10.2. The van der Waals surface area contributed by atoms with E-state index in [1.165, 1.54) is 6.08 Å². The van der Waals surface area contributed by atoms with Gasteiger partial charge in [-0.15, -0.1) is 0 Å². The lowest BCUT2D eigenvalue weighted by molar-refractivity contribution is -0.116. The molecule has 14 heavy (non-hydrogen) atoms. The quantitative estimate of drug-likeness (QED) is 0.702. The van der Waals surface area contributed by atoms with E-state index in [0.29, 0.717) is 0 Å². The van der Waals surface area contributed by atoms with Gasteiger partial charge in [-0.25, -0.2) is 0 Å². The van der Waals surface area contributed by atoms with E-state index in [2.05, 4.69) is 5.32 Å². The average Bonchev–Trinajstić information content (AvgIpc) is 2.43. The summed E-state index contributed by atoms with van der Waals surface area (Å²) in [5.41, 5.74) is 0.109. The van der Waals surface area contributed by atoms with Gasteiger partial charge in [0.1, 0.15) is 11.3 Å². The fraction of sp³-hybridized carbons (Fsp3) is 0.182. The summed E-state index contributed by atoms with van der Waals surface area (Å²) in [5.74, 6) is -0.192. The molecule has 1 aliphatic heterocycles. The third-order valence-corrected chi connectivity index (χ3v) is 2.50. The summed E-state index contributed by atoms with van der Waals surface area (Å²) < 4.78 is 0. The first-order valence-corrected chi connectivity index (χ1v) is 4.42. The maximum atomic E-state index is 11.1. The SMILES string of the molecule is CC1(c2ccccc2)NC(=O)C=C1O. The number of benzene rings is 1. The molecule has 72 valence electrons. The Labute approximate surface area is 82.1 Å². The number of hydrogen-bond donors (Lipinski definition) is 2. The minimum Gasteiger partial charge on any atom is -0.509 e. The maximum Gasteiger partial charge on any atom is 0.248 e. The van der Waals surface area contributed by atoms with E-state index in [4.69, 9.17) is 0 Å². The van der Waals surface area contributed by atoms with Gasteiger partial charge in [0.2, 0.25) is 5.91 Å². The first kappa shape index (κ1) is 8.81. The highest BCUT2D eigenvalue weighted by Gasteiger charge is 2.37. The highest BCUT2D eigenvalue weighted by molar-refractivity contribution is 5.92. The minimum atomic E-state index is -0.766. The van der Waals surface area contributed by atoms with Crippen molar-refractivity contribution in [1.29, 1.82) is 0 Å². The summed E-state index contributed by atoms with van der Waals surface area (Å²) in [6, 6.07) is 9.38. The Morgan fingerprint density at radius 1 is 1.29 bits per heavy atom. The van der Waals surface area contributed by atoms with Crippen molar-refractivity contribution in [3.8, 4) is 0 Å². The van der Waals surface area contributed by atoms with Crippen molar-refractivity contribution in [2.75, 3.05) is 0 Å². The third-order valence-electron chi connectivity index (χ3n) is 2.50. The van der Waals surface area contributed by atoms with Crippen LogP contribution in [0.25, 0.3) is 0 Å². The molecule has 3 heteroatoms. The standard InChI is InChI=1S/C11H11NO2/c1-11(8-5-3-2-4-6-8)9(13)7-10(14)12-11/h2-7,13H,1H3,(H,12,14). The van der Waals surface area contributed by atoms with Crippen molar-refractivity contribution in [3.63, 3.8) is 0 Å². The Morgan fingerprint density at radius 2 is 1.93 bits per heavy atom. The van der Waals surface area contributed by atoms with Gasteiger partial charge in [0.25, 0.3) is 0 Å². The lowest BCUT2D eigenvalue weighted by Crippen LogP contribution is -2.38. The lowest BCUT2D eigenvalue weighted by Gasteiger charge is -2.25. The molecule has 1 amide bonds. The van der Waals surface area contributed by atoms with Crippen LogP contribution in [-0.4, -0.2) is 11.0 Å². The second kappa shape index (κ2) is 2.87. The summed E-state index contributed by atoms with van der Waals surface area (Å²) in [4.78, 5) is 11.1. The molecular weight excluding hydrogens is 178 g/mol. The molecule has 0 saturated heterocycles. The van der Waals surface area contributed by atoms with Crippen molar-refractivity contribution >= 4 is 5.91 Å². The van der Waals surface area contributed by atoms with Crippen LogP contribution in [0.2, 0.25) is 0 Å². The van der Waals surface area contributed by atoms with Crippen LogP contribution < -0.4 is 5.32 Å². The number of amides is 1. The molecule has 1 unspecified atom stereocenters. The van der Waals surface area contributed by atoms with E-state index in [0.717, 1.165) is 5.56 Å². The summed E-state index contributed by atoms with van der Waals surface area (Å²) in [5, 5.41) is 12.4. The Balaban J connectivity index is 2.45. The Bertz CT molecular complexity index is 397. The number of aliphatic hydroxyl groups is 1. The number of aliphatic hydroxyl groups excluding tert-OH is 1. The molecule has 0 spiro atoms. The summed E-state index contributed by atoms with van der Waals surface area (Å²) >= 11 is 0. The topological polar surface area (TPSA) is 49.3 Å². The van der Waals surface area contributed by atoms with Crippen LogP contribution in [-0.2, 0) is 10.3 Å². The van der Waals surface area contributed by atoms with Crippen LogP contribution in [0, 0.1) is 0 Å². The minimum absolute atomic E-state index is 0.0636. The maximum absolute atomic E-state index is 11.1. The van der Waals surface area contributed by atoms with Crippen molar-refractivity contribution < 1.29 is 9.90 Å². The highest BCUT2D eigenvalue weighted by Crippen LogP contribution is 2.30. The normalized spacial score (nSPS) is 25.8. The largest absolute Gasteiger partial charge is 0.509 e. The number of carbonyl (C=O) groups excluding carboxylic acids is 1. The smallest absolute Gasteiger partial charge is 0.248 e. The summed E-state index contributed by atoms with van der Waals surface area (Å²) in [6.07, 6.45) is 1.22. The summed E-state index contributed by atoms with van der Waals surface area (Å²) in [6.45, 7) is 1.78. The van der Waals surface area contributed by atoms with Crippen molar-refractivity contribution in [3.05, 3.63) is 47.7 Å². The predicted octanol–water partition coefficient (Wildman–Crippen LogP) is 1.47. The molecule has 2 N–H and O–H groups in total. The van der Waals surface area contributed by atoms with Gasteiger partial charge in [-0.05, 0) is 12.5 Å². The average molecular weight is 189 g/mol. The Kier molecular flexibility index (Phi) is 1.81. The monoisotopic (exact) mass is 189 g/mol. The van der Waals surface area contributed by atoms with Gasteiger partial charge in [0.05, 0.1) is 0 Å². The van der Waals surface area contributed by atoms with Gasteiger partial charge < -0.3 is 10.4 Å². The van der Waals surface area contributed by atoms with Gasteiger partial charge in [0.15, 0.2) is 0 Å². The molecule has 1 aromatic rings. The fourth-order valence-electron chi connectivity index (χ4n) is 1.61. The van der Waals surface area contributed by atoms with Gasteiger partial charge in [-0.1, -0.05) is 30.3 Å². The molecule has 2 rings (SSSR count). The Morgan fingerprint density at radius 3 is 2.43 bits per heavy atom. The molecule has 0 bridgehead atoms. The van der Waals surface area contributed by atoms with Gasteiger partial charge in [-0.2, -0.15) is 0 Å². The summed E-state index contributed by atoms with van der Waals surface area (Å²) in [7, 11) is 0. The van der Waals surface area contributed by atoms with Gasteiger partial charge in [-0.3, -0.25) is 4.79 Å². The zero-order valence-electron chi connectivity index (χ0n) is 7.82. The number of hydrogen-bond acceptors (Lipinski definition) is 2. The number of carbonyl (C=O) groups is 1. The number of rotatable bonds is 1. The van der Waals surface area contributed by atoms with Crippen LogP contribution >= 0.6 is 0 Å². The van der Waals surface area contributed by atoms with Crippen molar-refractivity contribution in [2.24, 2.45) is 0 Å². The number of nitrogens with one attached hydrogen (secondary N) is 1. The zero-order valence-corrected chi connectivity index (χ0v) is 7.82. The van der Waals surface area contributed by atoms with E-state index in [9.17, 15) is 9.90 Å². The van der Waals surface area contributed by atoms with Crippen LogP contribution in [0.15, 0.2) is 42.2 Å². The molecule has 0 aliphatic carbocycles. The molecule has 3 nitrogen and oxygen atoms in total. The van der Waals surface area contributed by atoms with E-state index < -0.39 is 5.54 Å². The van der Waals surface area contributed by atoms with E-state index in [-0.39, 0.29) is 11.7 Å². The van der Waals surface area contributed by atoms with E-state index in [1.807, 2.05) is 30.3 Å². The second-order valence-corrected chi connectivity index (χ2v) is 3.51. The highest BCUT2D eigenvalue weighted by atomic mass is 16.3. The molecule has 1 aromatic carbocycles. The Hall–Kier alpha value is -1.77. The molecule has 1 heterocycles. The first-order chi connectivity index (χ1) is 6.63. The van der Waals surface area contributed by atoms with E-state index in [1.54, 1.807) is 6.92 Å². The van der Waals surface area contributed by atoms with Crippen LogP contribution in [0.3, 0.4) is 0 Å². The lowest BCUT2D eigenvalue weighted by atomic mass is 9.92.